The van der Waals surface area contributed by atoms with E-state index in [1.165, 1.54) is 6.92 Å². The fourth-order valence-electron chi connectivity index (χ4n) is 2.81. The highest BCUT2D eigenvalue weighted by Crippen LogP contribution is 2.36. The molecular weight excluding hydrogens is 480 g/mol. The summed E-state index contributed by atoms with van der Waals surface area (Å²) in [5, 5.41) is 1.10. The lowest BCUT2D eigenvalue weighted by Crippen LogP contribution is -2.48. The molecule has 0 aliphatic heterocycles. The van der Waals surface area contributed by atoms with Gasteiger partial charge in [-0.2, -0.15) is 0 Å². The van der Waals surface area contributed by atoms with Crippen LogP contribution in [0.4, 0.5) is 9.59 Å². The largest absolute Gasteiger partial charge is 0.460 e. The zero-order valence-electron chi connectivity index (χ0n) is 23.3. The minimum atomic E-state index is -2.03. The van der Waals surface area contributed by atoms with Gasteiger partial charge in [0.2, 0.25) is 0 Å². The molecule has 0 fully saturated rings. The van der Waals surface area contributed by atoms with E-state index in [2.05, 4.69) is 39.3 Å². The molecule has 1 aromatic carbocycles. The Kier molecular flexibility index (Phi) is 11.9. The molecule has 204 valence electrons. The third-order valence-electron chi connectivity index (χ3n) is 5.73. The van der Waals surface area contributed by atoms with Crippen molar-refractivity contribution in [3.05, 3.63) is 35.9 Å². The Balaban J connectivity index is 2.81. The molecule has 2 amide bonds. The molecule has 0 aliphatic rings. The summed E-state index contributed by atoms with van der Waals surface area (Å²) in [6.45, 7) is 17.7. The van der Waals surface area contributed by atoms with Gasteiger partial charge in [0.15, 0.2) is 8.32 Å². The SMILES string of the molecule is CC(=O)O[C@H](CCCN(NC(=O)OC(C)(C)C)C(=O)OCc1ccccc1)CO[Si](C)(C)C(C)(C)C. The molecule has 9 nitrogen and oxygen atoms in total. The third-order valence-corrected chi connectivity index (χ3v) is 10.2. The number of carbonyl (C=O) groups is 3. The molecule has 0 bridgehead atoms. The van der Waals surface area contributed by atoms with Crippen molar-refractivity contribution in [1.29, 1.82) is 0 Å². The molecule has 0 saturated carbocycles. The predicted octanol–water partition coefficient (Wildman–Crippen LogP) is 5.80. The lowest BCUT2D eigenvalue weighted by Gasteiger charge is -2.37. The van der Waals surface area contributed by atoms with E-state index < -0.39 is 38.2 Å². The van der Waals surface area contributed by atoms with Crippen molar-refractivity contribution in [1.82, 2.24) is 10.4 Å². The molecule has 1 rings (SSSR count). The number of carbonyl (C=O) groups excluding carboxylic acids is 3. The molecule has 0 heterocycles. The van der Waals surface area contributed by atoms with Gasteiger partial charge in [-0.15, -0.1) is 0 Å². The molecule has 1 N–H and O–H groups in total. The van der Waals surface area contributed by atoms with Crippen LogP contribution in [0.2, 0.25) is 18.1 Å². The van der Waals surface area contributed by atoms with Crippen LogP contribution in [0, 0.1) is 0 Å². The van der Waals surface area contributed by atoms with Crippen LogP contribution in [-0.2, 0) is 30.0 Å². The van der Waals surface area contributed by atoms with Gasteiger partial charge in [-0.05, 0) is 57.3 Å². The molecule has 1 atom stereocenters. The lowest BCUT2D eigenvalue weighted by atomic mass is 10.2. The summed E-state index contributed by atoms with van der Waals surface area (Å²) in [6, 6.07) is 9.24. The van der Waals surface area contributed by atoms with Gasteiger partial charge in [0.25, 0.3) is 0 Å². The highest BCUT2D eigenvalue weighted by molar-refractivity contribution is 6.74. The number of ether oxygens (including phenoxy) is 3. The zero-order chi connectivity index (χ0) is 27.6. The van der Waals surface area contributed by atoms with E-state index in [1.807, 2.05) is 30.3 Å². The number of hydrazine groups is 1. The number of benzene rings is 1. The van der Waals surface area contributed by atoms with Crippen LogP contribution >= 0.6 is 0 Å². The predicted molar refractivity (Wildman–Crippen MR) is 141 cm³/mol. The Morgan fingerprint density at radius 2 is 1.64 bits per heavy atom. The van der Waals surface area contributed by atoms with E-state index >= 15 is 0 Å². The molecule has 0 radical (unpaired) electrons. The maximum atomic E-state index is 12.8. The topological polar surface area (TPSA) is 103 Å². The number of nitrogens with zero attached hydrogens (tertiary/aromatic N) is 1. The molecule has 1 aromatic rings. The second kappa shape index (κ2) is 13.6. The Morgan fingerprint density at radius 1 is 1.03 bits per heavy atom. The van der Waals surface area contributed by atoms with Gasteiger partial charge in [0.1, 0.15) is 18.3 Å². The Labute approximate surface area is 216 Å². The van der Waals surface area contributed by atoms with Crippen LogP contribution in [0.5, 0.6) is 0 Å². The summed E-state index contributed by atoms with van der Waals surface area (Å²) in [4.78, 5) is 36.8. The van der Waals surface area contributed by atoms with Gasteiger partial charge in [0, 0.05) is 13.5 Å². The van der Waals surface area contributed by atoms with Gasteiger partial charge in [-0.3, -0.25) is 4.79 Å². The monoisotopic (exact) mass is 524 g/mol. The summed E-state index contributed by atoms with van der Waals surface area (Å²) >= 11 is 0. The second-order valence-corrected chi connectivity index (χ2v) is 16.1. The maximum Gasteiger partial charge on any atom is 0.429 e. The number of amides is 2. The molecular formula is C26H44N2O7Si. The van der Waals surface area contributed by atoms with Gasteiger partial charge in [0.05, 0.1) is 6.61 Å². The van der Waals surface area contributed by atoms with Gasteiger partial charge >= 0.3 is 18.2 Å². The molecule has 0 saturated heterocycles. The van der Waals surface area contributed by atoms with Crippen LogP contribution in [0.3, 0.4) is 0 Å². The third kappa shape index (κ3) is 12.4. The Hall–Kier alpha value is -2.59. The first-order chi connectivity index (χ1) is 16.5. The van der Waals surface area contributed by atoms with Gasteiger partial charge < -0.3 is 18.6 Å². The summed E-state index contributed by atoms with van der Waals surface area (Å²) < 4.78 is 22.4. The van der Waals surface area contributed by atoms with Crippen molar-refractivity contribution in [2.45, 2.75) is 97.8 Å². The fraction of sp³-hybridized carbons (Fsp3) is 0.654. The number of nitrogens with one attached hydrogen (secondary N) is 1. The van der Waals surface area contributed by atoms with E-state index in [1.54, 1.807) is 20.8 Å². The van der Waals surface area contributed by atoms with E-state index in [0.717, 1.165) is 10.6 Å². The second-order valence-electron chi connectivity index (χ2n) is 11.3. The smallest absolute Gasteiger partial charge is 0.429 e. The first-order valence-electron chi connectivity index (χ1n) is 12.3. The molecule has 36 heavy (non-hydrogen) atoms. The van der Waals surface area contributed by atoms with Crippen molar-refractivity contribution in [2.24, 2.45) is 0 Å². The molecule has 0 spiro atoms. The van der Waals surface area contributed by atoms with Crippen molar-refractivity contribution < 1.29 is 33.0 Å². The highest BCUT2D eigenvalue weighted by atomic mass is 28.4. The van der Waals surface area contributed by atoms with Crippen LogP contribution in [-0.4, -0.2) is 56.3 Å². The zero-order valence-corrected chi connectivity index (χ0v) is 24.3. The van der Waals surface area contributed by atoms with Crippen LogP contribution < -0.4 is 5.43 Å². The van der Waals surface area contributed by atoms with Gasteiger partial charge in [-0.25, -0.2) is 20.0 Å². The van der Waals surface area contributed by atoms with Crippen LogP contribution in [0.1, 0.15) is 66.9 Å². The minimum Gasteiger partial charge on any atom is -0.460 e. The summed E-state index contributed by atoms with van der Waals surface area (Å²) in [5.41, 5.74) is 2.55. The van der Waals surface area contributed by atoms with E-state index in [4.69, 9.17) is 18.6 Å². The van der Waals surface area contributed by atoms with Crippen molar-refractivity contribution in [2.75, 3.05) is 13.2 Å². The standard InChI is InChI=1S/C26H44N2O7Si/c1-20(29)34-22(19-33-36(8,9)26(5,6)7)16-13-17-28(27-23(30)35-25(2,3)4)24(31)32-18-21-14-11-10-12-15-21/h10-12,14-15,22H,13,16-19H2,1-9H3,(H,27,30)/t22-/m1/s1. The lowest BCUT2D eigenvalue weighted by molar-refractivity contribution is -0.148. The number of hydrogen-bond acceptors (Lipinski definition) is 7. The van der Waals surface area contributed by atoms with E-state index in [9.17, 15) is 14.4 Å². The normalized spacial score (nSPS) is 12.9. The molecule has 0 unspecified atom stereocenters. The fourth-order valence-corrected chi connectivity index (χ4v) is 3.84. The van der Waals surface area contributed by atoms with E-state index in [-0.39, 0.29) is 24.8 Å². The average molecular weight is 525 g/mol. The highest BCUT2D eigenvalue weighted by Gasteiger charge is 2.38. The van der Waals surface area contributed by atoms with Gasteiger partial charge in [-0.1, -0.05) is 51.1 Å². The first-order valence-corrected chi connectivity index (χ1v) is 15.2. The summed E-state index contributed by atoms with van der Waals surface area (Å²) in [5.74, 6) is -0.398. The quantitative estimate of drug-likeness (QED) is 0.179. The van der Waals surface area contributed by atoms with E-state index in [0.29, 0.717) is 12.8 Å². The first kappa shape index (κ1) is 31.4. The molecule has 0 aliphatic carbocycles. The molecule has 0 aromatic heterocycles. The Morgan fingerprint density at radius 3 is 2.17 bits per heavy atom. The average Bonchev–Trinajstić information content (AvgIpc) is 2.73. The van der Waals surface area contributed by atoms with Crippen molar-refractivity contribution >= 4 is 26.5 Å². The summed E-state index contributed by atoms with van der Waals surface area (Å²) in [7, 11) is -2.03. The summed E-state index contributed by atoms with van der Waals surface area (Å²) in [6.07, 6.45) is -1.09. The molecule has 10 heteroatoms. The number of esters is 1. The van der Waals surface area contributed by atoms with Crippen molar-refractivity contribution in [3.8, 4) is 0 Å². The van der Waals surface area contributed by atoms with Crippen molar-refractivity contribution in [3.63, 3.8) is 0 Å². The maximum absolute atomic E-state index is 12.8. The Bertz CT molecular complexity index is 848. The number of rotatable bonds is 10. The van der Waals surface area contributed by atoms with Crippen LogP contribution in [0.15, 0.2) is 30.3 Å². The van der Waals surface area contributed by atoms with Crippen LogP contribution in [0.25, 0.3) is 0 Å². The number of hydrogen-bond donors (Lipinski definition) is 1. The minimum absolute atomic E-state index is 0.0183.